The number of hydrogen-bond acceptors (Lipinski definition) is 12. The number of carbonyl (C=O) groups is 4. The molecule has 1 saturated carbocycles. The fourth-order valence-electron chi connectivity index (χ4n) is 8.48. The second kappa shape index (κ2) is 19.2. The van der Waals surface area contributed by atoms with Crippen LogP contribution in [0.3, 0.4) is 0 Å². The largest absolute Gasteiger partial charge is 0.489 e. The third-order valence-electron chi connectivity index (χ3n) is 13.3. The number of alkyl halides is 2. The number of hydrogen-bond donors (Lipinski definition) is 4. The smallest absolute Gasteiger partial charge is 0.422 e. The van der Waals surface area contributed by atoms with Crippen molar-refractivity contribution in [1.29, 1.82) is 0 Å². The number of nitrogens with two attached hydrogens (primary N) is 1. The van der Waals surface area contributed by atoms with E-state index in [1.54, 1.807) is 13.1 Å². The molecule has 0 spiro atoms. The van der Waals surface area contributed by atoms with Crippen molar-refractivity contribution in [1.82, 2.24) is 25.5 Å². The van der Waals surface area contributed by atoms with Gasteiger partial charge in [0.1, 0.15) is 24.8 Å². The lowest BCUT2D eigenvalue weighted by Gasteiger charge is -2.34. The number of halogens is 2. The molecule has 2 aliphatic heterocycles. The average Bonchev–Trinajstić information content (AvgIpc) is 3.60. The van der Waals surface area contributed by atoms with Crippen LogP contribution in [0.15, 0.2) is 47.7 Å². The first-order chi connectivity index (χ1) is 30.1. The molecular formula is C45H63F2N7O9S. The molecule has 1 aromatic heterocycles. The van der Waals surface area contributed by atoms with Crippen molar-refractivity contribution >= 4 is 50.3 Å². The molecule has 0 bridgehead atoms. The Morgan fingerprint density at radius 2 is 1.86 bits per heavy atom. The normalized spacial score (nSPS) is 21.3. The van der Waals surface area contributed by atoms with Gasteiger partial charge >= 0.3 is 6.09 Å². The summed E-state index contributed by atoms with van der Waals surface area (Å²) in [5, 5.41) is 1.49. The summed E-state index contributed by atoms with van der Waals surface area (Å²) in [5.41, 5.74) is 11.0. The Balaban J connectivity index is 1.16. The molecule has 4 amide bonds. The Morgan fingerprint density at radius 3 is 2.53 bits per heavy atom. The van der Waals surface area contributed by atoms with E-state index in [4.69, 9.17) is 19.9 Å². The lowest BCUT2D eigenvalue weighted by atomic mass is 9.85. The first-order valence-corrected chi connectivity index (χ1v) is 23.6. The monoisotopic (exact) mass is 915 g/mol. The van der Waals surface area contributed by atoms with Gasteiger partial charge in [0.15, 0.2) is 11.4 Å². The van der Waals surface area contributed by atoms with E-state index in [0.29, 0.717) is 87.5 Å². The van der Waals surface area contributed by atoms with Crippen LogP contribution in [-0.2, 0) is 29.1 Å². The number of allylic oxidation sites excluding steroid dienone is 3. The number of pyridine rings is 1. The molecule has 5 atom stereocenters. The summed E-state index contributed by atoms with van der Waals surface area (Å²) in [5.74, 6) is -4.67. The van der Waals surface area contributed by atoms with Crippen LogP contribution in [0.5, 0.6) is 11.6 Å². The van der Waals surface area contributed by atoms with Crippen molar-refractivity contribution in [3.63, 3.8) is 0 Å². The number of sulfonamides is 1. The minimum Gasteiger partial charge on any atom is -0.489 e. The van der Waals surface area contributed by atoms with Gasteiger partial charge in [0, 0.05) is 42.9 Å². The van der Waals surface area contributed by atoms with E-state index in [1.807, 2.05) is 51.2 Å². The molecule has 19 heteroatoms. The highest BCUT2D eigenvalue weighted by atomic mass is 32.2. The number of nitrogens with one attached hydrogen (secondary N) is 3. The van der Waals surface area contributed by atoms with Crippen LogP contribution in [0.4, 0.5) is 19.3 Å². The van der Waals surface area contributed by atoms with E-state index < -0.39 is 74.2 Å². The van der Waals surface area contributed by atoms with Gasteiger partial charge in [-0.05, 0) is 108 Å². The quantitative estimate of drug-likeness (QED) is 0.123. The molecule has 3 heterocycles. The second-order valence-corrected chi connectivity index (χ2v) is 20.7. The van der Waals surface area contributed by atoms with Gasteiger partial charge in [-0.3, -0.25) is 19.8 Å². The number of nitrogens with zero attached hydrogens (tertiary/aromatic N) is 3. The zero-order chi connectivity index (χ0) is 46.8. The Labute approximate surface area is 374 Å². The van der Waals surface area contributed by atoms with Gasteiger partial charge in [0.25, 0.3) is 11.8 Å². The zero-order valence-corrected chi connectivity index (χ0v) is 38.6. The summed E-state index contributed by atoms with van der Waals surface area (Å²) < 4.78 is 72.8. The van der Waals surface area contributed by atoms with Crippen LogP contribution in [-0.4, -0.2) is 103 Å². The van der Waals surface area contributed by atoms with Gasteiger partial charge < -0.3 is 29.7 Å². The molecule has 1 saturated heterocycles. The first kappa shape index (κ1) is 48.4. The summed E-state index contributed by atoms with van der Waals surface area (Å²) in [6, 6.07) is 3.45. The molecule has 2 fully saturated rings. The predicted molar refractivity (Wildman–Crippen MR) is 237 cm³/mol. The SMILES string of the molecule is CC[C@H](C[C@@H](C)CC/C=C\C1=C(C(=O)NS(=O)(=O)C2(C)CC2)CCC1)[C@H](NNC(=O)OC(C)(C)C(C)(F)F)C(=O)N1C[C@H](Oc2nccc3c4c(ccc23)N(C)CCO4)C[C@H]1C(N)=O. The highest BCUT2D eigenvalue weighted by Crippen LogP contribution is 2.43. The van der Waals surface area contributed by atoms with E-state index in [2.05, 4.69) is 25.5 Å². The summed E-state index contributed by atoms with van der Waals surface area (Å²) in [4.78, 5) is 61.5. The van der Waals surface area contributed by atoms with Crippen LogP contribution < -0.4 is 35.7 Å². The number of hydrazine groups is 1. The number of primary amides is 1. The summed E-state index contributed by atoms with van der Waals surface area (Å²) in [6.45, 7) is 9.53. The maximum Gasteiger partial charge on any atom is 0.422 e. The van der Waals surface area contributed by atoms with Gasteiger partial charge in [-0.25, -0.2) is 37.1 Å². The van der Waals surface area contributed by atoms with Crippen molar-refractivity contribution in [2.24, 2.45) is 17.6 Å². The minimum atomic E-state index is -3.76. The summed E-state index contributed by atoms with van der Waals surface area (Å²) in [7, 11) is -1.78. The lowest BCUT2D eigenvalue weighted by molar-refractivity contribution is -0.151. The molecule has 16 nitrogen and oxygen atoms in total. The third kappa shape index (κ3) is 10.7. The number of ether oxygens (including phenoxy) is 3. The van der Waals surface area contributed by atoms with Crippen molar-refractivity contribution < 1.29 is 50.6 Å². The third-order valence-corrected chi connectivity index (χ3v) is 15.4. The fourth-order valence-corrected chi connectivity index (χ4v) is 9.73. The molecular weight excluding hydrogens is 853 g/mol. The van der Waals surface area contributed by atoms with E-state index in [1.165, 1.54) is 4.90 Å². The number of fused-ring (bicyclic) bond motifs is 3. The van der Waals surface area contributed by atoms with Crippen molar-refractivity contribution in [3.05, 3.63) is 47.7 Å². The number of amides is 4. The maximum absolute atomic E-state index is 14.7. The van der Waals surface area contributed by atoms with E-state index in [9.17, 15) is 36.4 Å². The Bertz CT molecular complexity index is 2280. The predicted octanol–water partition coefficient (Wildman–Crippen LogP) is 5.80. The fraction of sp³-hybridized carbons (Fsp3) is 0.622. The van der Waals surface area contributed by atoms with Gasteiger partial charge in [-0.1, -0.05) is 32.4 Å². The second-order valence-electron chi connectivity index (χ2n) is 18.5. The average molecular weight is 916 g/mol. The number of rotatable bonds is 19. The van der Waals surface area contributed by atoms with E-state index >= 15 is 0 Å². The van der Waals surface area contributed by atoms with Gasteiger partial charge in [0.2, 0.25) is 27.7 Å². The molecule has 64 heavy (non-hydrogen) atoms. The number of carbonyl (C=O) groups excluding carboxylic acids is 4. The minimum absolute atomic E-state index is 0.0228. The molecule has 6 rings (SSSR count). The van der Waals surface area contributed by atoms with Crippen LogP contribution >= 0.6 is 0 Å². The van der Waals surface area contributed by atoms with E-state index in [0.717, 1.165) is 43.5 Å². The number of aromatic nitrogens is 1. The summed E-state index contributed by atoms with van der Waals surface area (Å²) >= 11 is 0. The lowest BCUT2D eigenvalue weighted by Crippen LogP contribution is -2.59. The Kier molecular flexibility index (Phi) is 14.5. The molecule has 5 N–H and O–H groups in total. The molecule has 4 aliphatic rings. The van der Waals surface area contributed by atoms with Gasteiger partial charge in [0.05, 0.1) is 23.5 Å². The first-order valence-electron chi connectivity index (χ1n) is 22.2. The molecule has 2 aliphatic carbocycles. The van der Waals surface area contributed by atoms with Gasteiger partial charge in [-0.15, -0.1) is 0 Å². The van der Waals surface area contributed by atoms with Crippen LogP contribution in [0.25, 0.3) is 10.8 Å². The molecule has 352 valence electrons. The highest BCUT2D eigenvalue weighted by molar-refractivity contribution is 7.91. The maximum atomic E-state index is 14.7. The Morgan fingerprint density at radius 1 is 1.12 bits per heavy atom. The topological polar surface area (TPSA) is 212 Å². The van der Waals surface area contributed by atoms with Crippen molar-refractivity contribution in [2.75, 3.05) is 31.6 Å². The number of anilines is 1. The van der Waals surface area contributed by atoms with Crippen molar-refractivity contribution in [2.45, 2.75) is 140 Å². The number of benzene rings is 1. The standard InChI is InChI=1S/C45H63F2N7O9S/c1-8-28(24-27(2)12-9-10-13-29-14-11-15-31(29)39(56)52-64(59,60)44(5)19-20-44)36(50-51-42(58)63-43(3,4)45(6,46)47)41(57)54-26-30(25-35(54)38(48)55)62-40-33-16-17-34-37(32(33)18-21-49-40)61-23-22-53(34)7/h10,13,16-18,21,27-28,30,35-36,50H,8-9,11-12,14-15,19-20,22-26H2,1-7H3,(H2,48,55)(H,51,58)(H,52,56)/b13-10-/t27-,28+,30+,35-,36-/m0/s1. The summed E-state index contributed by atoms with van der Waals surface area (Å²) in [6.07, 6.45) is 8.75. The van der Waals surface area contributed by atoms with E-state index in [-0.39, 0.29) is 18.9 Å². The van der Waals surface area contributed by atoms with Crippen LogP contribution in [0.2, 0.25) is 0 Å². The molecule has 0 unspecified atom stereocenters. The van der Waals surface area contributed by atoms with Crippen LogP contribution in [0, 0.1) is 11.8 Å². The number of likely N-dealkylation sites (N-methyl/N-ethyl adjacent to an activating group) is 1. The Hall–Kier alpha value is -5.04. The highest BCUT2D eigenvalue weighted by Gasteiger charge is 2.51. The van der Waals surface area contributed by atoms with Crippen LogP contribution in [0.1, 0.15) is 106 Å². The molecule has 0 radical (unpaired) electrons. The van der Waals surface area contributed by atoms with Gasteiger partial charge in [-0.2, -0.15) is 0 Å². The number of likely N-dealkylation sites (tertiary alicyclic amines) is 1. The zero-order valence-electron chi connectivity index (χ0n) is 37.8. The van der Waals surface area contributed by atoms with Crippen molar-refractivity contribution in [3.8, 4) is 11.6 Å². The molecule has 1 aromatic carbocycles. The molecule has 2 aromatic rings.